The molecule has 8 nitrogen and oxygen atoms in total. The molecule has 180 valence electrons. The van der Waals surface area contributed by atoms with Crippen LogP contribution in [0.4, 0.5) is 18.0 Å². The number of nitrogens with zero attached hydrogens (tertiary/aromatic N) is 3. The molecule has 2 heterocycles. The number of amides is 1. The molecule has 12 heteroatoms. The Bertz CT molecular complexity index is 1120. The molecule has 1 amide bonds. The quantitative estimate of drug-likeness (QED) is 0.480. The Morgan fingerprint density at radius 3 is 2.30 bits per heavy atom. The van der Waals surface area contributed by atoms with Crippen molar-refractivity contribution in [3.63, 3.8) is 0 Å². The van der Waals surface area contributed by atoms with Gasteiger partial charge in [-0.3, -0.25) is 0 Å². The minimum atomic E-state index is -5.94. The van der Waals surface area contributed by atoms with Gasteiger partial charge in [0.25, 0.3) is 0 Å². The summed E-state index contributed by atoms with van der Waals surface area (Å²) in [7, 11) is -5.94. The SMILES string of the molecule is CC(C)(C)OC(=O)N1CCc2nc(Cc3ccccc3)nc(OS(=O)(=O)C(F)(F)F)c2CC1. The maximum absolute atomic E-state index is 13.0. The van der Waals surface area contributed by atoms with Gasteiger partial charge >= 0.3 is 21.7 Å². The zero-order valence-corrected chi connectivity index (χ0v) is 19.2. The normalized spacial score (nSPS) is 14.9. The van der Waals surface area contributed by atoms with E-state index >= 15 is 0 Å². The van der Waals surface area contributed by atoms with Crippen molar-refractivity contribution in [3.05, 3.63) is 53.0 Å². The molecule has 0 radical (unpaired) electrons. The van der Waals surface area contributed by atoms with E-state index in [1.807, 2.05) is 0 Å². The number of fused-ring (bicyclic) bond motifs is 1. The molecule has 0 N–H and O–H groups in total. The topological polar surface area (TPSA) is 98.7 Å². The highest BCUT2D eigenvalue weighted by Crippen LogP contribution is 2.31. The van der Waals surface area contributed by atoms with Gasteiger partial charge in [0.1, 0.15) is 11.4 Å². The lowest BCUT2D eigenvalue weighted by atomic mass is 10.1. The van der Waals surface area contributed by atoms with E-state index in [0.29, 0.717) is 5.69 Å². The van der Waals surface area contributed by atoms with Crippen LogP contribution in [-0.4, -0.2) is 53.6 Å². The van der Waals surface area contributed by atoms with Gasteiger partial charge in [-0.2, -0.15) is 26.6 Å². The molecular formula is C21H24F3N3O5S. The summed E-state index contributed by atoms with van der Waals surface area (Å²) in [6.07, 6.45) is -0.255. The predicted octanol–water partition coefficient (Wildman–Crippen LogP) is 3.63. The number of aromatic nitrogens is 2. The van der Waals surface area contributed by atoms with Crippen molar-refractivity contribution in [1.29, 1.82) is 0 Å². The highest BCUT2D eigenvalue weighted by atomic mass is 32.2. The molecule has 33 heavy (non-hydrogen) atoms. The maximum atomic E-state index is 13.0. The van der Waals surface area contributed by atoms with E-state index in [1.54, 1.807) is 51.1 Å². The van der Waals surface area contributed by atoms with Crippen molar-refractivity contribution >= 4 is 16.2 Å². The van der Waals surface area contributed by atoms with Crippen LogP contribution >= 0.6 is 0 Å². The van der Waals surface area contributed by atoms with Crippen LogP contribution in [0.3, 0.4) is 0 Å². The Labute approximate surface area is 189 Å². The molecular weight excluding hydrogens is 463 g/mol. The molecule has 0 unspecified atom stereocenters. The Balaban J connectivity index is 1.96. The van der Waals surface area contributed by atoms with Crippen LogP contribution in [0.2, 0.25) is 0 Å². The highest BCUT2D eigenvalue weighted by Gasteiger charge is 2.49. The predicted molar refractivity (Wildman–Crippen MR) is 112 cm³/mol. The van der Waals surface area contributed by atoms with Crippen LogP contribution in [0.25, 0.3) is 0 Å². The van der Waals surface area contributed by atoms with Gasteiger partial charge in [-0.1, -0.05) is 30.3 Å². The van der Waals surface area contributed by atoms with Crippen molar-refractivity contribution < 1.29 is 35.3 Å². The molecule has 1 aliphatic heterocycles. The number of hydrogen-bond donors (Lipinski definition) is 0. The van der Waals surface area contributed by atoms with Crippen molar-refractivity contribution in [2.24, 2.45) is 0 Å². The van der Waals surface area contributed by atoms with E-state index in [9.17, 15) is 26.4 Å². The van der Waals surface area contributed by atoms with Gasteiger partial charge in [-0.15, -0.1) is 0 Å². The first-order valence-corrected chi connectivity index (χ1v) is 11.6. The first-order valence-electron chi connectivity index (χ1n) is 10.2. The third-order valence-electron chi connectivity index (χ3n) is 4.68. The lowest BCUT2D eigenvalue weighted by molar-refractivity contribution is -0.0501. The minimum absolute atomic E-state index is 0.00288. The number of carbonyl (C=O) groups excluding carboxylic acids is 1. The summed E-state index contributed by atoms with van der Waals surface area (Å²) in [5.74, 6) is -0.563. The molecule has 0 bridgehead atoms. The lowest BCUT2D eigenvalue weighted by Crippen LogP contribution is -2.38. The van der Waals surface area contributed by atoms with Crippen molar-refractivity contribution in [2.45, 2.75) is 51.1 Å². The maximum Gasteiger partial charge on any atom is 0.534 e. The first-order chi connectivity index (χ1) is 15.2. The van der Waals surface area contributed by atoms with Gasteiger partial charge in [0, 0.05) is 31.5 Å². The highest BCUT2D eigenvalue weighted by molar-refractivity contribution is 7.87. The molecule has 0 aliphatic carbocycles. The molecule has 3 rings (SSSR count). The van der Waals surface area contributed by atoms with Gasteiger partial charge in [0.05, 0.1) is 5.69 Å². The second kappa shape index (κ2) is 9.16. The fourth-order valence-corrected chi connectivity index (χ4v) is 3.64. The second-order valence-electron chi connectivity index (χ2n) is 8.48. The summed E-state index contributed by atoms with van der Waals surface area (Å²) in [5, 5.41) is 0. The van der Waals surface area contributed by atoms with Gasteiger partial charge in [0.2, 0.25) is 5.88 Å². The zero-order chi connectivity index (χ0) is 24.4. The summed E-state index contributed by atoms with van der Waals surface area (Å²) < 4.78 is 72.1. The van der Waals surface area contributed by atoms with Crippen LogP contribution in [0.1, 0.15) is 43.4 Å². The summed E-state index contributed by atoms with van der Waals surface area (Å²) in [6.45, 7) is 5.41. The van der Waals surface area contributed by atoms with Crippen LogP contribution in [-0.2, 0) is 34.1 Å². The molecule has 0 saturated heterocycles. The minimum Gasteiger partial charge on any atom is -0.444 e. The Hall–Kier alpha value is -2.89. The van der Waals surface area contributed by atoms with E-state index in [2.05, 4.69) is 14.2 Å². The summed E-state index contributed by atoms with van der Waals surface area (Å²) >= 11 is 0. The number of halogens is 3. The largest absolute Gasteiger partial charge is 0.534 e. The zero-order valence-electron chi connectivity index (χ0n) is 18.3. The molecule has 1 aromatic heterocycles. The van der Waals surface area contributed by atoms with E-state index in [0.717, 1.165) is 5.56 Å². The summed E-state index contributed by atoms with van der Waals surface area (Å²) in [5.41, 5.74) is -5.11. The van der Waals surface area contributed by atoms with Crippen LogP contribution in [0, 0.1) is 0 Å². The molecule has 0 saturated carbocycles. The smallest absolute Gasteiger partial charge is 0.444 e. The number of rotatable bonds is 4. The fraction of sp³-hybridized carbons (Fsp3) is 0.476. The number of benzene rings is 1. The Morgan fingerprint density at radius 2 is 1.70 bits per heavy atom. The van der Waals surface area contributed by atoms with Crippen molar-refractivity contribution in [3.8, 4) is 5.88 Å². The average molecular weight is 488 g/mol. The third-order valence-corrected chi connectivity index (χ3v) is 5.62. The van der Waals surface area contributed by atoms with Gasteiger partial charge in [-0.05, 0) is 32.8 Å². The first kappa shape index (κ1) is 24.7. The molecule has 0 atom stereocenters. The average Bonchev–Trinajstić information content (AvgIpc) is 2.89. The van der Waals surface area contributed by atoms with Crippen molar-refractivity contribution in [2.75, 3.05) is 13.1 Å². The molecule has 2 aromatic rings. The van der Waals surface area contributed by atoms with E-state index in [1.165, 1.54) is 4.90 Å². The van der Waals surface area contributed by atoms with Crippen LogP contribution in [0.15, 0.2) is 30.3 Å². The molecule has 0 fully saturated rings. The Morgan fingerprint density at radius 1 is 1.06 bits per heavy atom. The second-order valence-corrected chi connectivity index (χ2v) is 10.0. The van der Waals surface area contributed by atoms with Gasteiger partial charge in [0.15, 0.2) is 0 Å². The molecule has 1 aromatic carbocycles. The number of hydrogen-bond acceptors (Lipinski definition) is 7. The number of ether oxygens (including phenoxy) is 1. The van der Waals surface area contributed by atoms with Gasteiger partial charge < -0.3 is 13.8 Å². The molecule has 0 spiro atoms. The van der Waals surface area contributed by atoms with Crippen molar-refractivity contribution in [1.82, 2.24) is 14.9 Å². The fourth-order valence-electron chi connectivity index (χ4n) is 3.20. The standard InChI is InChI=1S/C21H24F3N3O5S/c1-20(2,3)31-19(28)27-11-9-15-16(10-12-27)25-17(13-14-7-5-4-6-8-14)26-18(15)32-33(29,30)21(22,23)24/h4-8H,9-13H2,1-3H3. The summed E-state index contributed by atoms with van der Waals surface area (Å²) in [4.78, 5) is 22.3. The van der Waals surface area contributed by atoms with Gasteiger partial charge in [-0.25, -0.2) is 9.78 Å². The number of carbonyl (C=O) groups is 1. The lowest BCUT2D eigenvalue weighted by Gasteiger charge is -2.26. The monoisotopic (exact) mass is 487 g/mol. The number of alkyl halides is 3. The Kier molecular flexibility index (Phi) is 6.87. The van der Waals surface area contributed by atoms with Crippen LogP contribution < -0.4 is 4.18 Å². The van der Waals surface area contributed by atoms with E-state index in [-0.39, 0.29) is 43.7 Å². The summed E-state index contributed by atoms with van der Waals surface area (Å²) in [6, 6.07) is 8.93. The molecule has 1 aliphatic rings. The van der Waals surface area contributed by atoms with Crippen LogP contribution in [0.5, 0.6) is 5.88 Å². The van der Waals surface area contributed by atoms with E-state index in [4.69, 9.17) is 4.74 Å². The van der Waals surface area contributed by atoms with E-state index < -0.39 is 33.2 Å². The third kappa shape index (κ3) is 6.34.